The Balaban J connectivity index is 2.25. The summed E-state index contributed by atoms with van der Waals surface area (Å²) in [6.07, 6.45) is 0. The molecule has 0 aliphatic heterocycles. The summed E-state index contributed by atoms with van der Waals surface area (Å²) >= 11 is 15.2. The molecule has 1 atom stereocenters. The molecule has 0 saturated carbocycles. The molecular weight excluding hydrogens is 397 g/mol. The molecule has 112 valence electrons. The zero-order valence-corrected chi connectivity index (χ0v) is 14.9. The van der Waals surface area contributed by atoms with Gasteiger partial charge in [-0.2, -0.15) is 0 Å². The van der Waals surface area contributed by atoms with Crippen LogP contribution in [0.3, 0.4) is 0 Å². The molecule has 7 heteroatoms. The highest BCUT2D eigenvalue weighted by atomic mass is 79.9. The molecule has 0 heterocycles. The summed E-state index contributed by atoms with van der Waals surface area (Å²) in [6.45, 7) is 1.73. The Morgan fingerprint density at radius 1 is 1.10 bits per heavy atom. The molecule has 0 aromatic heterocycles. The van der Waals surface area contributed by atoms with E-state index in [9.17, 15) is 8.42 Å². The van der Waals surface area contributed by atoms with E-state index in [1.807, 2.05) is 0 Å². The molecule has 2 aromatic carbocycles. The Kier molecular flexibility index (Phi) is 5.33. The maximum atomic E-state index is 12.3. The van der Waals surface area contributed by atoms with Crippen LogP contribution in [0.5, 0.6) is 0 Å². The summed E-state index contributed by atoms with van der Waals surface area (Å²) in [6, 6.07) is 10.9. The highest BCUT2D eigenvalue weighted by Gasteiger charge is 2.19. The van der Waals surface area contributed by atoms with Gasteiger partial charge in [0.05, 0.1) is 4.90 Å². The molecule has 21 heavy (non-hydrogen) atoms. The molecule has 2 rings (SSSR count). The Labute approximate surface area is 142 Å². The number of rotatable bonds is 4. The first-order valence-corrected chi connectivity index (χ1v) is 9.05. The third-order valence-electron chi connectivity index (χ3n) is 2.88. The van der Waals surface area contributed by atoms with Gasteiger partial charge in [0.2, 0.25) is 10.0 Å². The first kappa shape index (κ1) is 16.8. The summed E-state index contributed by atoms with van der Waals surface area (Å²) < 4.78 is 28.0. The largest absolute Gasteiger partial charge is 0.241 e. The molecule has 0 amide bonds. The minimum atomic E-state index is -3.61. The van der Waals surface area contributed by atoms with E-state index in [0.29, 0.717) is 15.6 Å². The van der Waals surface area contributed by atoms with Gasteiger partial charge in [-0.05, 0) is 48.9 Å². The summed E-state index contributed by atoms with van der Waals surface area (Å²) in [5.74, 6) is 0. The third kappa shape index (κ3) is 4.20. The molecule has 0 bridgehead atoms. The lowest BCUT2D eigenvalue weighted by molar-refractivity contribution is 0.567. The lowest BCUT2D eigenvalue weighted by Crippen LogP contribution is -2.27. The van der Waals surface area contributed by atoms with Crippen LogP contribution in [0.25, 0.3) is 0 Å². The van der Waals surface area contributed by atoms with Crippen molar-refractivity contribution in [3.8, 4) is 0 Å². The zero-order valence-electron chi connectivity index (χ0n) is 11.0. The topological polar surface area (TPSA) is 46.2 Å². The molecule has 0 radical (unpaired) electrons. The van der Waals surface area contributed by atoms with Crippen LogP contribution in [-0.4, -0.2) is 8.42 Å². The fraction of sp³-hybridized carbons (Fsp3) is 0.143. The second-order valence-electron chi connectivity index (χ2n) is 4.46. The van der Waals surface area contributed by atoms with E-state index >= 15 is 0 Å². The lowest BCUT2D eigenvalue weighted by Gasteiger charge is -2.16. The standard InChI is InChI=1S/C14H12BrCl2NO2S/c1-9(13-7-4-11(16)8-14(13)17)18-21(19,20)12-5-2-10(15)3-6-12/h2-9,18H,1H3. The summed E-state index contributed by atoms with van der Waals surface area (Å²) in [5.41, 5.74) is 0.668. The molecule has 0 spiro atoms. The highest BCUT2D eigenvalue weighted by Crippen LogP contribution is 2.27. The molecule has 1 N–H and O–H groups in total. The monoisotopic (exact) mass is 407 g/mol. The van der Waals surface area contributed by atoms with Gasteiger partial charge in [0, 0.05) is 20.6 Å². The van der Waals surface area contributed by atoms with Crippen LogP contribution in [-0.2, 0) is 10.0 Å². The molecule has 3 nitrogen and oxygen atoms in total. The van der Waals surface area contributed by atoms with Crippen LogP contribution in [0, 0.1) is 0 Å². The van der Waals surface area contributed by atoms with Crippen molar-refractivity contribution >= 4 is 49.2 Å². The van der Waals surface area contributed by atoms with Gasteiger partial charge in [0.1, 0.15) is 0 Å². The molecular formula is C14H12BrCl2NO2S. The van der Waals surface area contributed by atoms with E-state index in [-0.39, 0.29) is 4.90 Å². The normalized spacial score (nSPS) is 13.1. The van der Waals surface area contributed by atoms with E-state index in [1.54, 1.807) is 37.3 Å². The fourth-order valence-corrected chi connectivity index (χ4v) is 3.89. The van der Waals surface area contributed by atoms with Crippen molar-refractivity contribution in [3.63, 3.8) is 0 Å². The minimum absolute atomic E-state index is 0.197. The molecule has 1 unspecified atom stereocenters. The Bertz CT molecular complexity index is 748. The van der Waals surface area contributed by atoms with E-state index in [2.05, 4.69) is 20.7 Å². The van der Waals surface area contributed by atoms with E-state index in [4.69, 9.17) is 23.2 Å². The average Bonchev–Trinajstić information content (AvgIpc) is 2.38. The van der Waals surface area contributed by atoms with Crippen molar-refractivity contribution in [2.75, 3.05) is 0 Å². The predicted molar refractivity (Wildman–Crippen MR) is 89.3 cm³/mol. The highest BCUT2D eigenvalue weighted by molar-refractivity contribution is 9.10. The van der Waals surface area contributed by atoms with Crippen LogP contribution in [0.15, 0.2) is 51.8 Å². The zero-order chi connectivity index (χ0) is 15.6. The molecule has 0 fully saturated rings. The van der Waals surface area contributed by atoms with Gasteiger partial charge < -0.3 is 0 Å². The van der Waals surface area contributed by atoms with Crippen LogP contribution in [0.1, 0.15) is 18.5 Å². The van der Waals surface area contributed by atoms with Gasteiger partial charge >= 0.3 is 0 Å². The van der Waals surface area contributed by atoms with Gasteiger partial charge in [-0.15, -0.1) is 0 Å². The third-order valence-corrected chi connectivity index (χ3v) is 5.53. The van der Waals surface area contributed by atoms with E-state index < -0.39 is 16.1 Å². The first-order chi connectivity index (χ1) is 9.79. The first-order valence-electron chi connectivity index (χ1n) is 6.02. The lowest BCUT2D eigenvalue weighted by atomic mass is 10.1. The summed E-state index contributed by atoms with van der Waals surface area (Å²) in [7, 11) is -3.61. The van der Waals surface area contributed by atoms with Crippen molar-refractivity contribution < 1.29 is 8.42 Å². The summed E-state index contributed by atoms with van der Waals surface area (Å²) in [5, 5.41) is 0.931. The van der Waals surface area contributed by atoms with Crippen molar-refractivity contribution in [2.45, 2.75) is 17.9 Å². The average molecular weight is 409 g/mol. The van der Waals surface area contributed by atoms with E-state index in [0.717, 1.165) is 4.47 Å². The predicted octanol–water partition coefficient (Wildman–Crippen LogP) is 4.80. The number of halogens is 3. The summed E-state index contributed by atoms with van der Waals surface area (Å²) in [4.78, 5) is 0.197. The van der Waals surface area contributed by atoms with Crippen molar-refractivity contribution in [1.82, 2.24) is 4.72 Å². The Morgan fingerprint density at radius 3 is 2.29 bits per heavy atom. The van der Waals surface area contributed by atoms with Gasteiger partial charge in [-0.3, -0.25) is 0 Å². The number of nitrogens with one attached hydrogen (secondary N) is 1. The smallest absolute Gasteiger partial charge is 0.207 e. The maximum Gasteiger partial charge on any atom is 0.241 e. The van der Waals surface area contributed by atoms with Crippen molar-refractivity contribution in [1.29, 1.82) is 0 Å². The number of benzene rings is 2. The van der Waals surface area contributed by atoms with Gasteiger partial charge in [-0.25, -0.2) is 13.1 Å². The van der Waals surface area contributed by atoms with Crippen LogP contribution in [0.4, 0.5) is 0 Å². The quantitative estimate of drug-likeness (QED) is 0.789. The number of hydrogen-bond acceptors (Lipinski definition) is 2. The fourth-order valence-electron chi connectivity index (χ4n) is 1.83. The van der Waals surface area contributed by atoms with Crippen molar-refractivity contribution in [2.24, 2.45) is 0 Å². The molecule has 0 aliphatic rings. The van der Waals surface area contributed by atoms with Gasteiger partial charge in [-0.1, -0.05) is 45.2 Å². The van der Waals surface area contributed by atoms with Crippen molar-refractivity contribution in [3.05, 3.63) is 62.5 Å². The second kappa shape index (κ2) is 6.67. The molecule has 0 aliphatic carbocycles. The minimum Gasteiger partial charge on any atom is -0.207 e. The second-order valence-corrected chi connectivity index (χ2v) is 7.94. The van der Waals surface area contributed by atoms with Crippen LogP contribution in [0.2, 0.25) is 10.0 Å². The Hall–Kier alpha value is -0.590. The molecule has 0 saturated heterocycles. The number of hydrogen-bond donors (Lipinski definition) is 1. The SMILES string of the molecule is CC(NS(=O)(=O)c1ccc(Br)cc1)c1ccc(Cl)cc1Cl. The Morgan fingerprint density at radius 2 is 1.71 bits per heavy atom. The molecule has 2 aromatic rings. The van der Waals surface area contributed by atoms with Crippen LogP contribution >= 0.6 is 39.1 Å². The number of sulfonamides is 1. The van der Waals surface area contributed by atoms with Gasteiger partial charge in [0.25, 0.3) is 0 Å². The maximum absolute atomic E-state index is 12.3. The van der Waals surface area contributed by atoms with Crippen LogP contribution < -0.4 is 4.72 Å². The van der Waals surface area contributed by atoms with Gasteiger partial charge in [0.15, 0.2) is 0 Å². The van der Waals surface area contributed by atoms with E-state index in [1.165, 1.54) is 12.1 Å².